The number of aromatic nitrogens is 3. The lowest BCUT2D eigenvalue weighted by Crippen LogP contribution is -2.26. The van der Waals surface area contributed by atoms with Crippen molar-refractivity contribution in [3.05, 3.63) is 102 Å². The van der Waals surface area contributed by atoms with Crippen LogP contribution in [0.15, 0.2) is 91.1 Å². The first-order chi connectivity index (χ1) is 15.7. The third-order valence-electron chi connectivity index (χ3n) is 5.72. The summed E-state index contributed by atoms with van der Waals surface area (Å²) >= 11 is 0. The second-order valence-corrected chi connectivity index (χ2v) is 8.75. The Bertz CT molecular complexity index is 1280. The molecule has 160 valence electrons. The van der Waals surface area contributed by atoms with E-state index in [0.29, 0.717) is 5.92 Å². The van der Waals surface area contributed by atoms with Gasteiger partial charge in [-0.2, -0.15) is 0 Å². The Balaban J connectivity index is 1.69. The molecule has 4 heteroatoms. The fraction of sp³-hybridized carbons (Fsp3) is 0.214. The van der Waals surface area contributed by atoms with Crippen LogP contribution >= 0.6 is 0 Å². The zero-order chi connectivity index (χ0) is 21.9. The molecule has 0 aliphatic heterocycles. The van der Waals surface area contributed by atoms with Gasteiger partial charge >= 0.3 is 0 Å². The quantitative estimate of drug-likeness (QED) is 0.303. The summed E-state index contributed by atoms with van der Waals surface area (Å²) in [5, 5.41) is 1.16. The summed E-state index contributed by atoms with van der Waals surface area (Å²) in [4.78, 5) is 12.2. The first kappa shape index (κ1) is 20.3. The lowest BCUT2D eigenvalue weighted by atomic mass is 10.1. The highest BCUT2D eigenvalue weighted by atomic mass is 15.3. The number of fused-ring (bicyclic) bond motifs is 3. The minimum absolute atomic E-state index is 0.494. The fourth-order valence-corrected chi connectivity index (χ4v) is 4.33. The molecule has 0 unspecified atom stereocenters. The average molecular weight is 421 g/mol. The fourth-order valence-electron chi connectivity index (χ4n) is 4.33. The molecule has 0 amide bonds. The number of benzene rings is 3. The van der Waals surface area contributed by atoms with E-state index in [2.05, 4.69) is 107 Å². The molecule has 0 fully saturated rings. The largest absolute Gasteiger partial charge is 0.334 e. The van der Waals surface area contributed by atoms with Crippen molar-refractivity contribution in [2.45, 2.75) is 33.5 Å². The van der Waals surface area contributed by atoms with E-state index in [4.69, 9.17) is 4.98 Å². The van der Waals surface area contributed by atoms with Gasteiger partial charge in [-0.15, -0.1) is 0 Å². The lowest BCUT2D eigenvalue weighted by Gasteiger charge is -2.26. The van der Waals surface area contributed by atoms with Gasteiger partial charge in [-0.25, -0.2) is 4.98 Å². The summed E-state index contributed by atoms with van der Waals surface area (Å²) in [6.07, 6.45) is 1.92. The van der Waals surface area contributed by atoms with Crippen LogP contribution in [0.5, 0.6) is 0 Å². The molecule has 32 heavy (non-hydrogen) atoms. The highest BCUT2D eigenvalue weighted by Crippen LogP contribution is 2.31. The second kappa shape index (κ2) is 8.83. The van der Waals surface area contributed by atoms with Crippen molar-refractivity contribution in [2.75, 3.05) is 4.90 Å². The van der Waals surface area contributed by atoms with Crippen LogP contribution in [-0.4, -0.2) is 14.5 Å². The standard InChI is InChI=1S/C28H28N4/c1-21(2)18-32-27-24-15-9-10-16-25(24)29-17-26(27)30-28(32)31(19-22-11-5-3-6-12-22)20-23-13-7-4-8-14-23/h3-17,21H,18-20H2,1-2H3. The number of pyridine rings is 1. The Hall–Kier alpha value is -3.66. The van der Waals surface area contributed by atoms with Crippen LogP contribution in [0.2, 0.25) is 0 Å². The van der Waals surface area contributed by atoms with E-state index >= 15 is 0 Å². The van der Waals surface area contributed by atoms with Gasteiger partial charge in [0.15, 0.2) is 0 Å². The normalized spacial score (nSPS) is 11.5. The predicted molar refractivity (Wildman–Crippen MR) is 133 cm³/mol. The number of hydrogen-bond acceptors (Lipinski definition) is 3. The molecule has 3 aromatic carbocycles. The van der Waals surface area contributed by atoms with Crippen LogP contribution in [0, 0.1) is 5.92 Å². The molecule has 5 aromatic rings. The molecule has 0 N–H and O–H groups in total. The van der Waals surface area contributed by atoms with E-state index in [9.17, 15) is 0 Å². The Labute approximate surface area is 189 Å². The maximum Gasteiger partial charge on any atom is 0.207 e. The number of hydrogen-bond donors (Lipinski definition) is 0. The van der Waals surface area contributed by atoms with Crippen LogP contribution < -0.4 is 4.90 Å². The van der Waals surface area contributed by atoms with Crippen molar-refractivity contribution in [3.63, 3.8) is 0 Å². The third kappa shape index (κ3) is 4.09. The SMILES string of the molecule is CC(C)Cn1c(N(Cc2ccccc2)Cc2ccccc2)nc2cnc3ccccc3c21. The number of rotatable bonds is 7. The number of anilines is 1. The molecule has 4 nitrogen and oxygen atoms in total. The summed E-state index contributed by atoms with van der Waals surface area (Å²) in [6, 6.07) is 29.6. The Morgan fingerprint density at radius 1 is 0.750 bits per heavy atom. The smallest absolute Gasteiger partial charge is 0.207 e. The van der Waals surface area contributed by atoms with Gasteiger partial charge in [0, 0.05) is 25.0 Å². The van der Waals surface area contributed by atoms with Crippen molar-refractivity contribution in [1.82, 2.24) is 14.5 Å². The molecule has 0 radical (unpaired) electrons. The molecule has 2 aromatic heterocycles. The van der Waals surface area contributed by atoms with Crippen LogP contribution in [0.1, 0.15) is 25.0 Å². The Kier molecular flexibility index (Phi) is 5.59. The number of para-hydroxylation sites is 1. The van der Waals surface area contributed by atoms with Gasteiger partial charge in [-0.1, -0.05) is 92.7 Å². The van der Waals surface area contributed by atoms with Gasteiger partial charge in [0.2, 0.25) is 5.95 Å². The Morgan fingerprint density at radius 3 is 1.97 bits per heavy atom. The van der Waals surface area contributed by atoms with Gasteiger partial charge in [0.05, 0.1) is 17.2 Å². The zero-order valence-electron chi connectivity index (χ0n) is 18.6. The summed E-state index contributed by atoms with van der Waals surface area (Å²) in [5.41, 5.74) is 5.68. The van der Waals surface area contributed by atoms with Crippen molar-refractivity contribution < 1.29 is 0 Å². The van der Waals surface area contributed by atoms with Crippen LogP contribution in [0.3, 0.4) is 0 Å². The van der Waals surface area contributed by atoms with E-state index in [0.717, 1.165) is 42.0 Å². The van der Waals surface area contributed by atoms with Crippen molar-refractivity contribution in [3.8, 4) is 0 Å². The van der Waals surface area contributed by atoms with E-state index in [-0.39, 0.29) is 0 Å². The van der Waals surface area contributed by atoms with Crippen LogP contribution in [0.25, 0.3) is 21.9 Å². The topological polar surface area (TPSA) is 34.0 Å². The van der Waals surface area contributed by atoms with Gasteiger partial charge < -0.3 is 9.47 Å². The Morgan fingerprint density at radius 2 is 1.34 bits per heavy atom. The van der Waals surface area contributed by atoms with Gasteiger partial charge in [0.25, 0.3) is 0 Å². The summed E-state index contributed by atoms with van der Waals surface area (Å²) in [6.45, 7) is 7.01. The average Bonchev–Trinajstić information content (AvgIpc) is 3.18. The number of imidazole rings is 1. The molecule has 0 aliphatic carbocycles. The third-order valence-corrected chi connectivity index (χ3v) is 5.72. The molecule has 0 bridgehead atoms. The van der Waals surface area contributed by atoms with Gasteiger partial charge in [0.1, 0.15) is 5.52 Å². The molecule has 0 saturated heterocycles. The minimum atomic E-state index is 0.494. The molecule has 0 saturated carbocycles. The molecule has 0 atom stereocenters. The van der Waals surface area contributed by atoms with E-state index in [1.165, 1.54) is 16.6 Å². The molecular formula is C28H28N4. The van der Waals surface area contributed by atoms with E-state index in [1.54, 1.807) is 0 Å². The predicted octanol–water partition coefficient (Wildman–Crippen LogP) is 6.45. The minimum Gasteiger partial charge on any atom is -0.334 e. The summed E-state index contributed by atoms with van der Waals surface area (Å²) < 4.78 is 2.40. The first-order valence-electron chi connectivity index (χ1n) is 11.3. The van der Waals surface area contributed by atoms with E-state index in [1.807, 2.05) is 12.3 Å². The van der Waals surface area contributed by atoms with Crippen molar-refractivity contribution in [1.29, 1.82) is 0 Å². The molecule has 0 spiro atoms. The van der Waals surface area contributed by atoms with Crippen LogP contribution in [-0.2, 0) is 19.6 Å². The maximum absolute atomic E-state index is 5.13. The number of nitrogens with zero attached hydrogens (tertiary/aromatic N) is 4. The van der Waals surface area contributed by atoms with Crippen LogP contribution in [0.4, 0.5) is 5.95 Å². The highest BCUT2D eigenvalue weighted by molar-refractivity contribution is 6.03. The van der Waals surface area contributed by atoms with Crippen molar-refractivity contribution >= 4 is 27.9 Å². The monoisotopic (exact) mass is 420 g/mol. The van der Waals surface area contributed by atoms with Crippen molar-refractivity contribution in [2.24, 2.45) is 5.92 Å². The molecule has 2 heterocycles. The highest BCUT2D eigenvalue weighted by Gasteiger charge is 2.20. The second-order valence-electron chi connectivity index (χ2n) is 8.75. The van der Waals surface area contributed by atoms with Gasteiger partial charge in [-0.05, 0) is 23.1 Å². The summed E-state index contributed by atoms with van der Waals surface area (Å²) in [7, 11) is 0. The molecule has 0 aliphatic rings. The zero-order valence-corrected chi connectivity index (χ0v) is 18.6. The van der Waals surface area contributed by atoms with Gasteiger partial charge in [-0.3, -0.25) is 4.98 Å². The maximum atomic E-state index is 5.13. The molecular weight excluding hydrogens is 392 g/mol. The first-order valence-corrected chi connectivity index (χ1v) is 11.3. The van der Waals surface area contributed by atoms with E-state index < -0.39 is 0 Å². The molecule has 5 rings (SSSR count). The summed E-state index contributed by atoms with van der Waals surface area (Å²) in [5.74, 6) is 1.49. The lowest BCUT2D eigenvalue weighted by molar-refractivity contribution is 0.527.